The van der Waals surface area contributed by atoms with Crippen molar-refractivity contribution in [2.45, 2.75) is 19.1 Å². The van der Waals surface area contributed by atoms with Crippen molar-refractivity contribution in [1.82, 2.24) is 14.8 Å². The third-order valence-corrected chi connectivity index (χ3v) is 6.52. The number of nitrogens with zero attached hydrogens (tertiary/aromatic N) is 3. The molecule has 0 bridgehead atoms. The van der Waals surface area contributed by atoms with Gasteiger partial charge in [-0.3, -0.25) is 0 Å². The monoisotopic (exact) mass is 460 g/mol. The molecule has 32 heavy (non-hydrogen) atoms. The number of nitrogens with one attached hydrogen (secondary N) is 1. The van der Waals surface area contributed by atoms with Gasteiger partial charge in [-0.25, -0.2) is 4.68 Å². The van der Waals surface area contributed by atoms with Crippen LogP contribution in [0.5, 0.6) is 5.75 Å². The highest BCUT2D eigenvalue weighted by Gasteiger charge is 2.41. The van der Waals surface area contributed by atoms with Crippen LogP contribution >= 0.6 is 23.2 Å². The van der Waals surface area contributed by atoms with Crippen molar-refractivity contribution in [3.8, 4) is 5.75 Å². The molecule has 0 spiro atoms. The fourth-order valence-corrected chi connectivity index (χ4v) is 4.97. The van der Waals surface area contributed by atoms with Gasteiger partial charge in [0.1, 0.15) is 18.1 Å². The summed E-state index contributed by atoms with van der Waals surface area (Å²) in [5.41, 5.74) is 6.10. The predicted molar refractivity (Wildman–Crippen MR) is 126 cm³/mol. The number of aryl methyl sites for hydroxylation is 1. The molecule has 7 heteroatoms. The normalized spacial score (nSPS) is 18.8. The standard InChI is InChI=1S/C25H18Cl2N4O/c1-14-6-8-15(9-7-14)23-21-22(30-25-28-13-29-31(23)25)18-4-2-3-5-20(18)32-24(21)17-11-10-16(26)12-19(17)27/h2-13,23-24H,1H3,(H,28,29,30). The molecular formula is C25H18Cl2N4O. The zero-order valence-corrected chi connectivity index (χ0v) is 18.6. The van der Waals surface area contributed by atoms with Crippen molar-refractivity contribution in [2.75, 3.05) is 5.32 Å². The number of ether oxygens (including phenoxy) is 1. The summed E-state index contributed by atoms with van der Waals surface area (Å²) in [6, 6.07) is 21.8. The maximum atomic E-state index is 6.67. The average Bonchev–Trinajstić information content (AvgIpc) is 3.26. The maximum absolute atomic E-state index is 6.67. The second kappa shape index (κ2) is 7.40. The molecule has 0 saturated carbocycles. The van der Waals surface area contributed by atoms with Gasteiger partial charge in [0, 0.05) is 26.7 Å². The Balaban J connectivity index is 1.64. The number of fused-ring (bicyclic) bond motifs is 3. The minimum atomic E-state index is -0.430. The van der Waals surface area contributed by atoms with Crippen LogP contribution in [0, 0.1) is 6.92 Å². The van der Waals surface area contributed by atoms with E-state index in [0.29, 0.717) is 16.0 Å². The molecule has 2 unspecified atom stereocenters. The molecule has 158 valence electrons. The zero-order chi connectivity index (χ0) is 21.8. The maximum Gasteiger partial charge on any atom is 0.226 e. The number of benzene rings is 3. The third kappa shape index (κ3) is 3.00. The van der Waals surface area contributed by atoms with Crippen LogP contribution in [0.1, 0.15) is 34.4 Å². The van der Waals surface area contributed by atoms with Gasteiger partial charge in [0.2, 0.25) is 5.95 Å². The number of aromatic nitrogens is 3. The zero-order valence-electron chi connectivity index (χ0n) is 17.1. The highest BCUT2D eigenvalue weighted by molar-refractivity contribution is 6.35. The lowest BCUT2D eigenvalue weighted by molar-refractivity contribution is 0.223. The van der Waals surface area contributed by atoms with E-state index in [1.54, 1.807) is 12.4 Å². The van der Waals surface area contributed by atoms with E-state index in [-0.39, 0.29) is 6.04 Å². The molecule has 2 aliphatic heterocycles. The Morgan fingerprint density at radius 1 is 1.00 bits per heavy atom. The number of rotatable bonds is 2. The molecule has 5 nitrogen and oxygen atoms in total. The fourth-order valence-electron chi connectivity index (χ4n) is 4.46. The fraction of sp³-hybridized carbons (Fsp3) is 0.120. The average molecular weight is 461 g/mol. The van der Waals surface area contributed by atoms with Crippen LogP contribution in [0.2, 0.25) is 10.0 Å². The summed E-state index contributed by atoms with van der Waals surface area (Å²) >= 11 is 12.9. The smallest absolute Gasteiger partial charge is 0.226 e. The Hall–Kier alpha value is -3.28. The molecule has 2 atom stereocenters. The molecule has 0 saturated heterocycles. The minimum Gasteiger partial charge on any atom is -0.480 e. The van der Waals surface area contributed by atoms with E-state index in [9.17, 15) is 0 Å². The number of anilines is 1. The van der Waals surface area contributed by atoms with E-state index in [1.165, 1.54) is 5.56 Å². The summed E-state index contributed by atoms with van der Waals surface area (Å²) in [6.45, 7) is 2.08. The van der Waals surface area contributed by atoms with Gasteiger partial charge in [-0.2, -0.15) is 10.1 Å². The van der Waals surface area contributed by atoms with Gasteiger partial charge < -0.3 is 10.1 Å². The first kappa shape index (κ1) is 19.4. The van der Waals surface area contributed by atoms with Crippen LogP contribution in [-0.4, -0.2) is 14.8 Å². The Morgan fingerprint density at radius 2 is 1.81 bits per heavy atom. The van der Waals surface area contributed by atoms with E-state index in [4.69, 9.17) is 27.9 Å². The lowest BCUT2D eigenvalue weighted by atomic mass is 9.84. The number of hydrogen-bond acceptors (Lipinski definition) is 4. The summed E-state index contributed by atoms with van der Waals surface area (Å²) in [4.78, 5) is 4.46. The van der Waals surface area contributed by atoms with Crippen LogP contribution in [0.4, 0.5) is 5.95 Å². The van der Waals surface area contributed by atoms with Crippen LogP contribution in [-0.2, 0) is 0 Å². The van der Waals surface area contributed by atoms with Crippen molar-refractivity contribution in [3.63, 3.8) is 0 Å². The Kier molecular flexibility index (Phi) is 4.49. The van der Waals surface area contributed by atoms with Gasteiger partial charge in [-0.05, 0) is 36.8 Å². The first-order valence-electron chi connectivity index (χ1n) is 10.3. The minimum absolute atomic E-state index is 0.213. The molecule has 6 rings (SSSR count). The molecule has 4 aromatic rings. The largest absolute Gasteiger partial charge is 0.480 e. The lowest BCUT2D eigenvalue weighted by Gasteiger charge is -2.39. The molecule has 0 fully saturated rings. The quantitative estimate of drug-likeness (QED) is 0.373. The van der Waals surface area contributed by atoms with Crippen molar-refractivity contribution in [1.29, 1.82) is 0 Å². The Bertz CT molecular complexity index is 1380. The van der Waals surface area contributed by atoms with Gasteiger partial charge in [0.15, 0.2) is 6.10 Å². The topological polar surface area (TPSA) is 52.0 Å². The van der Waals surface area contributed by atoms with Gasteiger partial charge in [0.25, 0.3) is 0 Å². The number of halogens is 2. The first-order valence-corrected chi connectivity index (χ1v) is 11.0. The summed E-state index contributed by atoms with van der Waals surface area (Å²) < 4.78 is 8.49. The molecular weight excluding hydrogens is 443 g/mol. The number of hydrogen-bond donors (Lipinski definition) is 1. The summed E-state index contributed by atoms with van der Waals surface area (Å²) in [5.74, 6) is 1.47. The SMILES string of the molecule is Cc1ccc(C2C3=C(Nc4ncnn42)c2ccccc2OC3c2ccc(Cl)cc2Cl)cc1. The molecule has 0 aliphatic carbocycles. The second-order valence-corrected chi connectivity index (χ2v) is 8.80. The molecule has 1 N–H and O–H groups in total. The van der Waals surface area contributed by atoms with E-state index in [0.717, 1.165) is 33.7 Å². The second-order valence-electron chi connectivity index (χ2n) is 7.96. The van der Waals surface area contributed by atoms with E-state index >= 15 is 0 Å². The first-order chi connectivity index (χ1) is 15.6. The van der Waals surface area contributed by atoms with E-state index in [2.05, 4.69) is 52.7 Å². The highest BCUT2D eigenvalue weighted by Crippen LogP contribution is 2.51. The van der Waals surface area contributed by atoms with Crippen LogP contribution in [0.3, 0.4) is 0 Å². The summed E-state index contributed by atoms with van der Waals surface area (Å²) in [6.07, 6.45) is 1.14. The van der Waals surface area contributed by atoms with Crippen molar-refractivity contribution >= 4 is 34.8 Å². The van der Waals surface area contributed by atoms with Crippen LogP contribution in [0.25, 0.3) is 5.70 Å². The molecule has 1 aromatic heterocycles. The number of para-hydroxylation sites is 1. The lowest BCUT2D eigenvalue weighted by Crippen LogP contribution is -2.32. The molecule has 0 amide bonds. The Morgan fingerprint density at radius 3 is 2.62 bits per heavy atom. The third-order valence-electron chi connectivity index (χ3n) is 5.96. The molecule has 3 aromatic carbocycles. The van der Waals surface area contributed by atoms with Crippen molar-refractivity contribution in [3.05, 3.63) is 111 Å². The summed E-state index contributed by atoms with van der Waals surface area (Å²) in [7, 11) is 0. The Labute approximate surface area is 195 Å². The van der Waals surface area contributed by atoms with Crippen molar-refractivity contribution < 1.29 is 4.74 Å². The van der Waals surface area contributed by atoms with Crippen LogP contribution in [0.15, 0.2) is 78.6 Å². The highest BCUT2D eigenvalue weighted by atomic mass is 35.5. The van der Waals surface area contributed by atoms with Gasteiger partial charge in [0.05, 0.1) is 5.70 Å². The predicted octanol–water partition coefficient (Wildman–Crippen LogP) is 6.45. The van der Waals surface area contributed by atoms with E-state index < -0.39 is 6.10 Å². The van der Waals surface area contributed by atoms with Crippen LogP contribution < -0.4 is 10.1 Å². The van der Waals surface area contributed by atoms with Crippen molar-refractivity contribution in [2.24, 2.45) is 0 Å². The van der Waals surface area contributed by atoms with Gasteiger partial charge in [-0.1, -0.05) is 71.2 Å². The van der Waals surface area contributed by atoms with E-state index in [1.807, 2.05) is 35.0 Å². The summed E-state index contributed by atoms with van der Waals surface area (Å²) in [5, 5.41) is 9.18. The van der Waals surface area contributed by atoms with Gasteiger partial charge in [-0.15, -0.1) is 0 Å². The molecule has 3 heterocycles. The molecule has 2 aliphatic rings. The van der Waals surface area contributed by atoms with Gasteiger partial charge >= 0.3 is 0 Å². The molecule has 0 radical (unpaired) electrons.